The summed E-state index contributed by atoms with van der Waals surface area (Å²) in [5.41, 5.74) is -0.00497. The molecular formula is C13H10N2O5. The summed E-state index contributed by atoms with van der Waals surface area (Å²) in [5, 5.41) is 20.0. The molecule has 0 unspecified atom stereocenters. The number of ether oxygens (including phenoxy) is 1. The average Bonchev–Trinajstić information content (AvgIpc) is 2.41. The number of nitro groups is 1. The molecule has 0 saturated carbocycles. The molecule has 0 amide bonds. The summed E-state index contributed by atoms with van der Waals surface area (Å²) in [6.07, 6.45) is 1.31. The number of benzene rings is 1. The van der Waals surface area contributed by atoms with Gasteiger partial charge in [-0.15, -0.1) is 0 Å². The van der Waals surface area contributed by atoms with Crippen molar-refractivity contribution in [2.24, 2.45) is 0 Å². The van der Waals surface area contributed by atoms with Crippen molar-refractivity contribution in [1.82, 2.24) is 4.98 Å². The van der Waals surface area contributed by atoms with Crippen LogP contribution < -0.4 is 4.74 Å². The Bertz CT molecular complexity index is 684. The average molecular weight is 274 g/mol. The summed E-state index contributed by atoms with van der Waals surface area (Å²) in [7, 11) is 0. The lowest BCUT2D eigenvalue weighted by molar-refractivity contribution is -0.385. The summed E-state index contributed by atoms with van der Waals surface area (Å²) in [4.78, 5) is 25.1. The molecule has 20 heavy (non-hydrogen) atoms. The number of carboxylic acid groups (broad SMARTS) is 1. The Morgan fingerprint density at radius 3 is 2.75 bits per heavy atom. The van der Waals surface area contributed by atoms with E-state index in [1.165, 1.54) is 30.5 Å². The molecule has 0 fully saturated rings. The number of aryl methyl sites for hydroxylation is 1. The number of pyridine rings is 1. The number of carboxylic acids is 1. The molecule has 0 radical (unpaired) electrons. The molecule has 1 aromatic heterocycles. The lowest BCUT2D eigenvalue weighted by Gasteiger charge is -2.10. The number of aromatic carboxylic acids is 1. The van der Waals surface area contributed by atoms with Crippen molar-refractivity contribution in [2.75, 3.05) is 0 Å². The molecule has 0 saturated heterocycles. The molecular weight excluding hydrogens is 264 g/mol. The third-order valence-electron chi connectivity index (χ3n) is 2.57. The monoisotopic (exact) mass is 274 g/mol. The third kappa shape index (κ3) is 2.56. The summed E-state index contributed by atoms with van der Waals surface area (Å²) in [5.74, 6) is -1.30. The van der Waals surface area contributed by atoms with Crippen molar-refractivity contribution < 1.29 is 19.6 Å². The van der Waals surface area contributed by atoms with E-state index in [1.54, 1.807) is 13.0 Å². The van der Waals surface area contributed by atoms with Crippen molar-refractivity contribution in [3.8, 4) is 11.5 Å². The Labute approximate surface area is 113 Å². The van der Waals surface area contributed by atoms with Crippen molar-refractivity contribution in [3.05, 3.63) is 57.9 Å². The van der Waals surface area contributed by atoms with Gasteiger partial charge in [-0.3, -0.25) is 10.1 Å². The van der Waals surface area contributed by atoms with E-state index in [1.807, 2.05) is 0 Å². The highest BCUT2D eigenvalue weighted by Gasteiger charge is 2.21. The number of carbonyl (C=O) groups is 1. The number of nitrogens with zero attached hydrogens (tertiary/aromatic N) is 2. The van der Waals surface area contributed by atoms with E-state index in [4.69, 9.17) is 9.84 Å². The summed E-state index contributed by atoms with van der Waals surface area (Å²) < 4.78 is 5.41. The van der Waals surface area contributed by atoms with Crippen LogP contribution >= 0.6 is 0 Å². The normalized spacial score (nSPS) is 10.1. The van der Waals surface area contributed by atoms with E-state index in [0.29, 0.717) is 5.56 Å². The van der Waals surface area contributed by atoms with Gasteiger partial charge in [0.15, 0.2) is 11.4 Å². The molecule has 2 aromatic rings. The number of aromatic nitrogens is 1. The standard InChI is InChI=1S/C13H10N2O5/c1-8-4-2-5-9(15(18)19)12(8)20-10-6-3-7-14-11(10)13(16)17/h2-7H,1H3,(H,16,17). The SMILES string of the molecule is Cc1cccc([N+](=O)[O-])c1Oc1cccnc1C(=O)O. The van der Waals surface area contributed by atoms with Crippen LogP contribution in [0.25, 0.3) is 0 Å². The fourth-order valence-electron chi connectivity index (χ4n) is 1.66. The number of para-hydroxylation sites is 1. The second kappa shape index (κ2) is 5.35. The lowest BCUT2D eigenvalue weighted by Crippen LogP contribution is -2.04. The molecule has 1 N–H and O–H groups in total. The van der Waals surface area contributed by atoms with E-state index < -0.39 is 10.9 Å². The second-order valence-corrected chi connectivity index (χ2v) is 3.94. The molecule has 2 rings (SSSR count). The summed E-state index contributed by atoms with van der Waals surface area (Å²) in [6.45, 7) is 1.64. The first kappa shape index (κ1) is 13.5. The number of hydrogen-bond donors (Lipinski definition) is 1. The minimum Gasteiger partial charge on any atom is -0.476 e. The van der Waals surface area contributed by atoms with Gasteiger partial charge < -0.3 is 9.84 Å². The Balaban J connectivity index is 2.51. The van der Waals surface area contributed by atoms with Crippen LogP contribution in [0.3, 0.4) is 0 Å². The van der Waals surface area contributed by atoms with E-state index in [9.17, 15) is 14.9 Å². The van der Waals surface area contributed by atoms with Gasteiger partial charge in [-0.2, -0.15) is 0 Å². The maximum absolute atomic E-state index is 11.0. The van der Waals surface area contributed by atoms with Gasteiger partial charge in [-0.1, -0.05) is 12.1 Å². The molecule has 1 heterocycles. The minimum atomic E-state index is -1.27. The molecule has 102 valence electrons. The summed E-state index contributed by atoms with van der Waals surface area (Å²) >= 11 is 0. The minimum absolute atomic E-state index is 0.00741. The first-order valence-corrected chi connectivity index (χ1v) is 5.61. The van der Waals surface area contributed by atoms with Crippen LogP contribution in [-0.4, -0.2) is 21.0 Å². The van der Waals surface area contributed by atoms with Crippen LogP contribution in [0, 0.1) is 17.0 Å². The Kier molecular flexibility index (Phi) is 3.60. The molecule has 7 heteroatoms. The van der Waals surface area contributed by atoms with Crippen LogP contribution in [0.1, 0.15) is 16.1 Å². The molecule has 0 spiro atoms. The van der Waals surface area contributed by atoms with Gasteiger partial charge in [0.2, 0.25) is 5.75 Å². The highest BCUT2D eigenvalue weighted by molar-refractivity contribution is 5.88. The van der Waals surface area contributed by atoms with Crippen molar-refractivity contribution in [3.63, 3.8) is 0 Å². The highest BCUT2D eigenvalue weighted by atomic mass is 16.6. The van der Waals surface area contributed by atoms with Crippen molar-refractivity contribution in [1.29, 1.82) is 0 Å². The van der Waals surface area contributed by atoms with E-state index in [0.717, 1.165) is 0 Å². The van der Waals surface area contributed by atoms with Gasteiger partial charge in [0.25, 0.3) is 0 Å². The predicted octanol–water partition coefficient (Wildman–Crippen LogP) is 2.79. The topological polar surface area (TPSA) is 103 Å². The van der Waals surface area contributed by atoms with Crippen LogP contribution in [0.2, 0.25) is 0 Å². The lowest BCUT2D eigenvalue weighted by atomic mass is 10.2. The van der Waals surface area contributed by atoms with Crippen molar-refractivity contribution >= 4 is 11.7 Å². The quantitative estimate of drug-likeness (QED) is 0.679. The first-order chi connectivity index (χ1) is 9.50. The van der Waals surface area contributed by atoms with E-state index >= 15 is 0 Å². The van der Waals surface area contributed by atoms with E-state index in [2.05, 4.69) is 4.98 Å². The predicted molar refractivity (Wildman–Crippen MR) is 69.1 cm³/mol. The number of hydrogen-bond acceptors (Lipinski definition) is 5. The largest absolute Gasteiger partial charge is 0.476 e. The fraction of sp³-hybridized carbons (Fsp3) is 0.0769. The van der Waals surface area contributed by atoms with Crippen LogP contribution in [-0.2, 0) is 0 Å². The molecule has 0 atom stereocenters. The molecule has 0 aliphatic heterocycles. The summed E-state index contributed by atoms with van der Waals surface area (Å²) in [6, 6.07) is 7.35. The Hall–Kier alpha value is -2.96. The van der Waals surface area contributed by atoms with Gasteiger partial charge in [0.05, 0.1) is 4.92 Å². The Morgan fingerprint density at radius 1 is 1.35 bits per heavy atom. The zero-order valence-corrected chi connectivity index (χ0v) is 10.4. The maximum Gasteiger partial charge on any atom is 0.358 e. The maximum atomic E-state index is 11.0. The van der Waals surface area contributed by atoms with E-state index in [-0.39, 0.29) is 22.9 Å². The van der Waals surface area contributed by atoms with Gasteiger partial charge >= 0.3 is 11.7 Å². The smallest absolute Gasteiger partial charge is 0.358 e. The van der Waals surface area contributed by atoms with Gasteiger partial charge in [-0.25, -0.2) is 9.78 Å². The second-order valence-electron chi connectivity index (χ2n) is 3.94. The van der Waals surface area contributed by atoms with Crippen molar-refractivity contribution in [2.45, 2.75) is 6.92 Å². The van der Waals surface area contributed by atoms with Gasteiger partial charge in [-0.05, 0) is 24.6 Å². The molecule has 7 nitrogen and oxygen atoms in total. The number of rotatable bonds is 4. The van der Waals surface area contributed by atoms with Crippen LogP contribution in [0.15, 0.2) is 36.5 Å². The first-order valence-electron chi connectivity index (χ1n) is 5.61. The molecule has 0 aliphatic carbocycles. The molecule has 0 aliphatic rings. The molecule has 0 bridgehead atoms. The third-order valence-corrected chi connectivity index (χ3v) is 2.57. The zero-order valence-electron chi connectivity index (χ0n) is 10.4. The Morgan fingerprint density at radius 2 is 2.10 bits per heavy atom. The fourth-order valence-corrected chi connectivity index (χ4v) is 1.66. The highest BCUT2D eigenvalue weighted by Crippen LogP contribution is 2.35. The van der Waals surface area contributed by atoms with Crippen LogP contribution in [0.4, 0.5) is 5.69 Å². The number of nitro benzene ring substituents is 1. The van der Waals surface area contributed by atoms with Gasteiger partial charge in [0, 0.05) is 12.3 Å². The van der Waals surface area contributed by atoms with Gasteiger partial charge in [0.1, 0.15) is 0 Å². The zero-order chi connectivity index (χ0) is 14.7. The molecule has 1 aromatic carbocycles. The van der Waals surface area contributed by atoms with Crippen LogP contribution in [0.5, 0.6) is 11.5 Å².